The third-order valence-corrected chi connectivity index (χ3v) is 6.13. The zero-order valence-electron chi connectivity index (χ0n) is 24.3. The highest BCUT2D eigenvalue weighted by atomic mass is 16.5. The van der Waals surface area contributed by atoms with Crippen LogP contribution in [0, 0.1) is 0 Å². The Hall–Kier alpha value is -4.72. The van der Waals surface area contributed by atoms with E-state index in [0.29, 0.717) is 26.4 Å². The third-order valence-electron chi connectivity index (χ3n) is 6.13. The Morgan fingerprint density at radius 1 is 0.333 bits per heavy atom. The Kier molecular flexibility index (Phi) is 14.1. The molecule has 0 unspecified atom stereocenters. The number of benzene rings is 4. The molecule has 8 nitrogen and oxygen atoms in total. The smallest absolute Gasteiger partial charge is 0.121 e. The summed E-state index contributed by atoms with van der Waals surface area (Å²) in [6.07, 6.45) is 6.14. The van der Waals surface area contributed by atoms with Gasteiger partial charge in [-0.15, -0.1) is 0 Å². The molecule has 0 aliphatic rings. The number of nitrogen functional groups attached to an aromatic ring is 4. The number of anilines is 4. The van der Waals surface area contributed by atoms with Crippen LogP contribution in [-0.4, -0.2) is 26.4 Å². The maximum atomic E-state index is 5.69. The van der Waals surface area contributed by atoms with E-state index in [4.69, 9.17) is 41.9 Å². The second kappa shape index (κ2) is 18.6. The number of nitrogens with two attached hydrogens (primary N) is 4. The van der Waals surface area contributed by atoms with Crippen LogP contribution in [0.15, 0.2) is 97.1 Å². The molecule has 0 fully saturated rings. The van der Waals surface area contributed by atoms with Gasteiger partial charge in [-0.1, -0.05) is 12.1 Å². The Balaban J connectivity index is 0.000000230. The fraction of sp³-hybridized carbons (Fsp3) is 0.294. The van der Waals surface area contributed by atoms with E-state index in [9.17, 15) is 0 Å². The second-order valence-electron chi connectivity index (χ2n) is 9.80. The van der Waals surface area contributed by atoms with Crippen LogP contribution in [0.25, 0.3) is 0 Å². The monoisotopic (exact) mass is 572 g/mol. The maximum absolute atomic E-state index is 5.69. The number of rotatable bonds is 16. The fourth-order valence-electron chi connectivity index (χ4n) is 3.86. The summed E-state index contributed by atoms with van der Waals surface area (Å²) in [5, 5.41) is 0. The molecule has 8 heteroatoms. The van der Waals surface area contributed by atoms with Crippen molar-refractivity contribution >= 4 is 22.7 Å². The van der Waals surface area contributed by atoms with Crippen molar-refractivity contribution in [2.24, 2.45) is 0 Å². The van der Waals surface area contributed by atoms with E-state index in [1.54, 1.807) is 0 Å². The molecule has 0 aliphatic carbocycles. The van der Waals surface area contributed by atoms with Crippen molar-refractivity contribution < 1.29 is 18.9 Å². The van der Waals surface area contributed by atoms with Gasteiger partial charge in [-0.05, 0) is 111 Å². The van der Waals surface area contributed by atoms with E-state index in [1.165, 1.54) is 0 Å². The van der Waals surface area contributed by atoms with Crippen molar-refractivity contribution in [2.75, 3.05) is 49.4 Å². The average molecular weight is 573 g/mol. The molecule has 0 radical (unpaired) electrons. The van der Waals surface area contributed by atoms with Gasteiger partial charge in [-0.25, -0.2) is 0 Å². The van der Waals surface area contributed by atoms with Crippen molar-refractivity contribution in [2.45, 2.75) is 38.5 Å². The lowest BCUT2D eigenvalue weighted by molar-refractivity contribution is 0.279. The highest BCUT2D eigenvalue weighted by Crippen LogP contribution is 2.17. The molecular formula is C34H44N4O4. The summed E-state index contributed by atoms with van der Waals surface area (Å²) in [6.45, 7) is 2.82. The molecule has 4 aromatic carbocycles. The van der Waals surface area contributed by atoms with Gasteiger partial charge in [-0.3, -0.25) is 0 Å². The van der Waals surface area contributed by atoms with Crippen LogP contribution >= 0.6 is 0 Å². The lowest BCUT2D eigenvalue weighted by Crippen LogP contribution is -2.01. The maximum Gasteiger partial charge on any atom is 0.121 e. The summed E-state index contributed by atoms with van der Waals surface area (Å²) in [6, 6.07) is 29.9. The van der Waals surface area contributed by atoms with Gasteiger partial charge in [0.1, 0.15) is 23.0 Å². The zero-order chi connectivity index (χ0) is 29.8. The summed E-state index contributed by atoms with van der Waals surface area (Å²) < 4.78 is 22.5. The molecule has 224 valence electrons. The Bertz CT molecular complexity index is 1180. The van der Waals surface area contributed by atoms with Crippen LogP contribution in [-0.2, 0) is 0 Å². The fourth-order valence-corrected chi connectivity index (χ4v) is 3.86. The lowest BCUT2D eigenvalue weighted by atomic mass is 10.2. The number of ether oxygens (including phenoxy) is 4. The van der Waals surface area contributed by atoms with Gasteiger partial charge in [0.2, 0.25) is 0 Å². The van der Waals surface area contributed by atoms with Gasteiger partial charge in [0.25, 0.3) is 0 Å². The first-order valence-corrected chi connectivity index (χ1v) is 14.4. The van der Waals surface area contributed by atoms with Gasteiger partial charge in [0.05, 0.1) is 26.4 Å². The Labute approximate surface area is 249 Å². The Morgan fingerprint density at radius 2 is 0.667 bits per heavy atom. The standard InChI is InChI=1S/2C17H22N2O2/c18-14-4-8-16(9-5-14)20-12-2-1-3-13-21-17-10-6-15(19)7-11-17;18-14-6-4-8-16(12-14)20-10-2-1-3-11-21-17-9-5-7-15(19)13-17/h4-11H,1-3,12-13,18-19H2;4-9,12-13H,1-3,10-11,18-19H2. The SMILES string of the molecule is Nc1ccc(OCCCCCOc2ccc(N)cc2)cc1.Nc1cccc(OCCCCCOc2cccc(N)c2)c1. The number of unbranched alkanes of at least 4 members (excludes halogenated alkanes) is 4. The van der Waals surface area contributed by atoms with Crippen molar-refractivity contribution in [3.05, 3.63) is 97.1 Å². The molecule has 0 aromatic heterocycles. The predicted molar refractivity (Wildman–Crippen MR) is 173 cm³/mol. The largest absolute Gasteiger partial charge is 0.494 e. The van der Waals surface area contributed by atoms with Crippen LogP contribution in [0.3, 0.4) is 0 Å². The van der Waals surface area contributed by atoms with Crippen molar-refractivity contribution in [3.63, 3.8) is 0 Å². The molecule has 0 atom stereocenters. The van der Waals surface area contributed by atoms with Crippen molar-refractivity contribution in [3.8, 4) is 23.0 Å². The van der Waals surface area contributed by atoms with E-state index in [0.717, 1.165) is 84.3 Å². The van der Waals surface area contributed by atoms with Gasteiger partial charge in [0.15, 0.2) is 0 Å². The van der Waals surface area contributed by atoms with E-state index in [-0.39, 0.29) is 0 Å². The summed E-state index contributed by atoms with van der Waals surface area (Å²) in [7, 11) is 0. The van der Waals surface area contributed by atoms with Crippen molar-refractivity contribution in [1.29, 1.82) is 0 Å². The minimum Gasteiger partial charge on any atom is -0.494 e. The highest BCUT2D eigenvalue weighted by molar-refractivity contribution is 5.44. The van der Waals surface area contributed by atoms with Crippen LogP contribution in [0.4, 0.5) is 22.7 Å². The molecule has 0 bridgehead atoms. The zero-order valence-corrected chi connectivity index (χ0v) is 24.3. The first kappa shape index (κ1) is 31.8. The van der Waals surface area contributed by atoms with Gasteiger partial charge < -0.3 is 41.9 Å². The topological polar surface area (TPSA) is 141 Å². The van der Waals surface area contributed by atoms with E-state index < -0.39 is 0 Å². The average Bonchev–Trinajstić information content (AvgIpc) is 2.98. The molecule has 0 spiro atoms. The van der Waals surface area contributed by atoms with Crippen LogP contribution in [0.1, 0.15) is 38.5 Å². The number of hydrogen-bond donors (Lipinski definition) is 4. The molecular weight excluding hydrogens is 528 g/mol. The van der Waals surface area contributed by atoms with E-state index in [2.05, 4.69) is 0 Å². The number of hydrogen-bond acceptors (Lipinski definition) is 8. The first-order chi connectivity index (χ1) is 20.5. The second-order valence-corrected chi connectivity index (χ2v) is 9.80. The first-order valence-electron chi connectivity index (χ1n) is 14.4. The minimum atomic E-state index is 0.696. The van der Waals surface area contributed by atoms with E-state index in [1.807, 2.05) is 97.1 Å². The van der Waals surface area contributed by atoms with Gasteiger partial charge in [0, 0.05) is 34.9 Å². The summed E-state index contributed by atoms with van der Waals surface area (Å²) in [5.41, 5.74) is 25.6. The molecule has 0 amide bonds. The van der Waals surface area contributed by atoms with E-state index >= 15 is 0 Å². The van der Waals surface area contributed by atoms with Gasteiger partial charge >= 0.3 is 0 Å². The highest BCUT2D eigenvalue weighted by Gasteiger charge is 1.98. The minimum absolute atomic E-state index is 0.696. The molecule has 0 heterocycles. The predicted octanol–water partition coefficient (Wildman–Crippen LogP) is 6.96. The van der Waals surface area contributed by atoms with Crippen LogP contribution in [0.5, 0.6) is 23.0 Å². The van der Waals surface area contributed by atoms with Crippen LogP contribution in [0.2, 0.25) is 0 Å². The third kappa shape index (κ3) is 13.6. The normalized spacial score (nSPS) is 10.3. The van der Waals surface area contributed by atoms with Gasteiger partial charge in [-0.2, -0.15) is 0 Å². The molecule has 0 saturated heterocycles. The summed E-state index contributed by atoms with van der Waals surface area (Å²) >= 11 is 0. The lowest BCUT2D eigenvalue weighted by Gasteiger charge is -2.08. The summed E-state index contributed by atoms with van der Waals surface area (Å²) in [5.74, 6) is 3.38. The molecule has 0 saturated carbocycles. The molecule has 42 heavy (non-hydrogen) atoms. The van der Waals surface area contributed by atoms with Crippen LogP contribution < -0.4 is 41.9 Å². The molecule has 0 aliphatic heterocycles. The molecule has 4 rings (SSSR count). The molecule has 4 aromatic rings. The Morgan fingerprint density at radius 3 is 1.00 bits per heavy atom. The summed E-state index contributed by atoms with van der Waals surface area (Å²) in [4.78, 5) is 0. The van der Waals surface area contributed by atoms with Crippen molar-refractivity contribution in [1.82, 2.24) is 0 Å². The molecule has 8 N–H and O–H groups in total. The quantitative estimate of drug-likeness (QED) is 0.0834.